The standard InChI is InChI=1S/C37H56O10/c1-20-15-23(31(33(5,6)43)45-21(2)40)46-29-28(20)34(7)13-14-37-19-36(37)12-11-26(47-27(17-39)44-18-22(41)16-38)32(3,4)24(36)9-10-25(37)35(34,8)30(29)42/h17,20,23-29,31,38,43H,9-16,18-19H2,1-8H3/t20-,23-,24+,25+,26+,27+,28-,29+,31+,34-,35-,36-,37+/m1/s1. The van der Waals surface area contributed by atoms with Crippen LogP contribution in [0.15, 0.2) is 0 Å². The van der Waals surface area contributed by atoms with Crippen molar-refractivity contribution < 1.29 is 48.3 Å². The molecule has 0 aromatic heterocycles. The number of ether oxygens (including phenoxy) is 4. The Morgan fingerprint density at radius 1 is 1.06 bits per heavy atom. The van der Waals surface area contributed by atoms with Gasteiger partial charge in [0.2, 0.25) is 6.29 Å². The average Bonchev–Trinajstić information content (AvgIpc) is 3.62. The molecule has 0 radical (unpaired) electrons. The van der Waals surface area contributed by atoms with Crippen LogP contribution in [-0.4, -0.2) is 83.6 Å². The highest BCUT2D eigenvalue weighted by molar-refractivity contribution is 5.93. The van der Waals surface area contributed by atoms with Crippen molar-refractivity contribution in [3.05, 3.63) is 0 Å². The predicted octanol–water partition coefficient (Wildman–Crippen LogP) is 4.20. The van der Waals surface area contributed by atoms with Crippen LogP contribution in [0.2, 0.25) is 0 Å². The normalized spacial score (nSPS) is 46.1. The van der Waals surface area contributed by atoms with Gasteiger partial charge in [-0.15, -0.1) is 0 Å². The van der Waals surface area contributed by atoms with Crippen molar-refractivity contribution in [2.45, 2.75) is 143 Å². The Kier molecular flexibility index (Phi) is 8.52. The van der Waals surface area contributed by atoms with Gasteiger partial charge in [-0.3, -0.25) is 19.2 Å². The molecule has 264 valence electrons. The fourth-order valence-electron chi connectivity index (χ4n) is 12.8. The number of aliphatic hydroxyl groups excluding tert-OH is 1. The molecule has 0 aromatic carbocycles. The molecular weight excluding hydrogens is 604 g/mol. The molecule has 6 rings (SSSR count). The van der Waals surface area contributed by atoms with Crippen LogP contribution in [-0.2, 0) is 38.1 Å². The Bertz CT molecular complexity index is 1300. The van der Waals surface area contributed by atoms with Gasteiger partial charge < -0.3 is 29.2 Å². The van der Waals surface area contributed by atoms with E-state index >= 15 is 0 Å². The van der Waals surface area contributed by atoms with Gasteiger partial charge in [0.05, 0.1) is 17.8 Å². The van der Waals surface area contributed by atoms with Crippen LogP contribution in [0.25, 0.3) is 0 Å². The lowest BCUT2D eigenvalue weighted by molar-refractivity contribution is -0.222. The third kappa shape index (κ3) is 4.89. The molecule has 13 atom stereocenters. The number of ketones is 2. The van der Waals surface area contributed by atoms with Crippen LogP contribution in [0.3, 0.4) is 0 Å². The fourth-order valence-corrected chi connectivity index (χ4v) is 12.8. The number of carbonyl (C=O) groups excluding carboxylic acids is 4. The first-order valence-corrected chi connectivity index (χ1v) is 17.8. The van der Waals surface area contributed by atoms with Crippen LogP contribution in [0, 0.1) is 50.7 Å². The van der Waals surface area contributed by atoms with Crippen molar-refractivity contribution >= 4 is 23.8 Å². The third-order valence-electron chi connectivity index (χ3n) is 14.8. The SMILES string of the molecule is CC(=O)O[C@@H]([C@H]1C[C@@H](C)[C@@H]2[C@H](O1)C(=O)[C@@]1(C)[C@@H]3CC[C@H]4C(C)(C)[C@@H](O[C@@H](C=O)OCC(=O)CO)CC[C@@]45C[C@@]35CC[C@]21C)C(C)(C)O. The van der Waals surface area contributed by atoms with Crippen molar-refractivity contribution in [3.8, 4) is 0 Å². The fraction of sp³-hybridized carbons (Fsp3) is 0.892. The molecule has 0 amide bonds. The monoisotopic (exact) mass is 660 g/mol. The number of hydrogen-bond donors (Lipinski definition) is 2. The Morgan fingerprint density at radius 3 is 2.34 bits per heavy atom. The number of aldehydes is 1. The molecule has 2 N–H and O–H groups in total. The van der Waals surface area contributed by atoms with Crippen LogP contribution >= 0.6 is 0 Å². The van der Waals surface area contributed by atoms with E-state index in [0.29, 0.717) is 18.6 Å². The van der Waals surface area contributed by atoms with Gasteiger partial charge in [0.15, 0.2) is 24.0 Å². The Labute approximate surface area is 279 Å². The van der Waals surface area contributed by atoms with Crippen molar-refractivity contribution in [1.29, 1.82) is 0 Å². The summed E-state index contributed by atoms with van der Waals surface area (Å²) in [6.45, 7) is 14.8. The Balaban J connectivity index is 1.25. The molecule has 10 heteroatoms. The van der Waals surface area contributed by atoms with Gasteiger partial charge in [0.25, 0.3) is 0 Å². The average molecular weight is 661 g/mol. The van der Waals surface area contributed by atoms with Gasteiger partial charge >= 0.3 is 5.97 Å². The number of carbonyl (C=O) groups is 4. The summed E-state index contributed by atoms with van der Waals surface area (Å²) < 4.78 is 24.0. The minimum absolute atomic E-state index is 0.0550. The van der Waals surface area contributed by atoms with Gasteiger partial charge in [-0.25, -0.2) is 0 Å². The van der Waals surface area contributed by atoms with Crippen molar-refractivity contribution in [3.63, 3.8) is 0 Å². The van der Waals surface area contributed by atoms with Gasteiger partial charge in [-0.05, 0) is 105 Å². The number of aliphatic hydroxyl groups is 2. The summed E-state index contributed by atoms with van der Waals surface area (Å²) in [6, 6.07) is 0. The molecule has 1 aliphatic heterocycles. The summed E-state index contributed by atoms with van der Waals surface area (Å²) in [4.78, 5) is 50.4. The van der Waals surface area contributed by atoms with E-state index in [-0.39, 0.29) is 57.9 Å². The van der Waals surface area contributed by atoms with E-state index < -0.39 is 54.0 Å². The minimum Gasteiger partial charge on any atom is -0.457 e. The maximum Gasteiger partial charge on any atom is 0.303 e. The molecular formula is C37H56O10. The third-order valence-corrected chi connectivity index (χ3v) is 14.8. The van der Waals surface area contributed by atoms with Crippen molar-refractivity contribution in [2.75, 3.05) is 13.2 Å². The van der Waals surface area contributed by atoms with E-state index in [0.717, 1.165) is 44.9 Å². The van der Waals surface area contributed by atoms with Crippen LogP contribution in [0.1, 0.15) is 107 Å². The molecule has 6 aliphatic rings. The quantitative estimate of drug-likeness (QED) is 0.199. The van der Waals surface area contributed by atoms with Gasteiger partial charge in [-0.2, -0.15) is 0 Å². The number of esters is 1. The largest absolute Gasteiger partial charge is 0.457 e. The second-order valence-corrected chi connectivity index (χ2v) is 17.7. The first-order valence-electron chi connectivity index (χ1n) is 17.8. The smallest absolute Gasteiger partial charge is 0.303 e. The molecule has 47 heavy (non-hydrogen) atoms. The molecule has 6 fully saturated rings. The van der Waals surface area contributed by atoms with E-state index in [1.54, 1.807) is 13.8 Å². The molecule has 0 aromatic rings. The zero-order chi connectivity index (χ0) is 34.5. The van der Waals surface area contributed by atoms with E-state index in [1.807, 2.05) is 0 Å². The predicted molar refractivity (Wildman–Crippen MR) is 170 cm³/mol. The van der Waals surface area contributed by atoms with Gasteiger partial charge in [-0.1, -0.05) is 34.6 Å². The lowest BCUT2D eigenvalue weighted by Crippen LogP contribution is -2.59. The first-order chi connectivity index (χ1) is 21.8. The zero-order valence-electron chi connectivity index (χ0n) is 29.5. The molecule has 0 bridgehead atoms. The summed E-state index contributed by atoms with van der Waals surface area (Å²) in [7, 11) is 0. The Hall–Kier alpha value is -1.72. The lowest BCUT2D eigenvalue weighted by Gasteiger charge is -2.62. The zero-order valence-corrected chi connectivity index (χ0v) is 29.5. The number of hydrogen-bond acceptors (Lipinski definition) is 10. The molecule has 1 saturated heterocycles. The van der Waals surface area contributed by atoms with E-state index in [1.165, 1.54) is 6.92 Å². The van der Waals surface area contributed by atoms with Crippen LogP contribution in [0.5, 0.6) is 0 Å². The minimum atomic E-state index is -1.32. The Morgan fingerprint density at radius 2 is 1.72 bits per heavy atom. The highest BCUT2D eigenvalue weighted by Gasteiger charge is 2.85. The number of rotatable bonds is 10. The highest BCUT2D eigenvalue weighted by atomic mass is 16.7. The lowest BCUT2D eigenvalue weighted by atomic mass is 9.41. The summed E-state index contributed by atoms with van der Waals surface area (Å²) in [5.74, 6) is 0.00542. The maximum atomic E-state index is 14.9. The number of fused-ring (bicyclic) bond motifs is 4. The number of Topliss-reactive ketones (excluding diaryl/α,β-unsaturated/α-hetero) is 2. The van der Waals surface area contributed by atoms with Gasteiger partial charge in [0, 0.05) is 18.3 Å². The second-order valence-electron chi connectivity index (χ2n) is 17.7. The summed E-state index contributed by atoms with van der Waals surface area (Å²) in [6.07, 6.45) is 4.55. The molecule has 5 aliphatic carbocycles. The summed E-state index contributed by atoms with van der Waals surface area (Å²) in [5.41, 5.74) is -2.18. The van der Waals surface area contributed by atoms with Crippen LogP contribution < -0.4 is 0 Å². The van der Waals surface area contributed by atoms with Gasteiger partial charge in [0.1, 0.15) is 19.3 Å². The second kappa shape index (κ2) is 11.4. The van der Waals surface area contributed by atoms with E-state index in [4.69, 9.17) is 24.1 Å². The first kappa shape index (κ1) is 35.1. The topological polar surface area (TPSA) is 146 Å². The molecule has 10 nitrogen and oxygen atoms in total. The van der Waals surface area contributed by atoms with Crippen LogP contribution in [0.4, 0.5) is 0 Å². The molecule has 1 heterocycles. The van der Waals surface area contributed by atoms with Crippen molar-refractivity contribution in [2.24, 2.45) is 50.7 Å². The molecule has 0 unspecified atom stereocenters. The maximum absolute atomic E-state index is 14.9. The van der Waals surface area contributed by atoms with E-state index in [2.05, 4.69) is 34.6 Å². The summed E-state index contributed by atoms with van der Waals surface area (Å²) in [5, 5.41) is 20.0. The highest BCUT2D eigenvalue weighted by Crippen LogP contribution is 2.89. The summed E-state index contributed by atoms with van der Waals surface area (Å²) >= 11 is 0. The molecule has 5 saturated carbocycles. The molecule has 2 spiro atoms. The van der Waals surface area contributed by atoms with Crippen molar-refractivity contribution in [1.82, 2.24) is 0 Å². The van der Waals surface area contributed by atoms with E-state index in [9.17, 15) is 24.3 Å².